The maximum absolute atomic E-state index is 12.1. The summed E-state index contributed by atoms with van der Waals surface area (Å²) in [5.74, 6) is 0.0568. The van der Waals surface area contributed by atoms with E-state index in [1.807, 2.05) is 48.7 Å². The van der Waals surface area contributed by atoms with Crippen molar-refractivity contribution in [3.63, 3.8) is 0 Å². The fraction of sp³-hybridized carbons (Fsp3) is 0.143. The van der Waals surface area contributed by atoms with E-state index in [2.05, 4.69) is 4.98 Å². The fourth-order valence-corrected chi connectivity index (χ4v) is 2.89. The molecule has 90 valence electrons. The van der Waals surface area contributed by atoms with Gasteiger partial charge in [0, 0.05) is 17.2 Å². The first-order valence-electron chi connectivity index (χ1n) is 5.77. The van der Waals surface area contributed by atoms with E-state index in [-0.39, 0.29) is 11.9 Å². The van der Waals surface area contributed by atoms with Gasteiger partial charge in [-0.2, -0.15) is 0 Å². The lowest BCUT2D eigenvalue weighted by Crippen LogP contribution is -2.49. The van der Waals surface area contributed by atoms with Crippen molar-refractivity contribution in [3.05, 3.63) is 59.1 Å². The molecule has 1 aromatic carbocycles. The van der Waals surface area contributed by atoms with Crippen LogP contribution in [0.3, 0.4) is 0 Å². The molecular formula is C14H12N2OS. The van der Waals surface area contributed by atoms with Gasteiger partial charge in [-0.3, -0.25) is 9.69 Å². The minimum atomic E-state index is 0.00912. The van der Waals surface area contributed by atoms with Crippen LogP contribution in [0.4, 0.5) is 5.13 Å². The predicted octanol–water partition coefficient (Wildman–Crippen LogP) is 3.18. The Kier molecular flexibility index (Phi) is 2.72. The van der Waals surface area contributed by atoms with Gasteiger partial charge in [-0.15, -0.1) is 11.3 Å². The van der Waals surface area contributed by atoms with Crippen LogP contribution in [0.1, 0.15) is 18.5 Å². The fourth-order valence-electron chi connectivity index (χ4n) is 2.22. The third kappa shape index (κ3) is 1.57. The Balaban J connectivity index is 2.02. The first-order chi connectivity index (χ1) is 8.83. The van der Waals surface area contributed by atoms with E-state index in [4.69, 9.17) is 0 Å². The molecular weight excluding hydrogens is 244 g/mol. The highest BCUT2D eigenvalue weighted by molar-refractivity contribution is 7.13. The standard InChI is InChI=1S/C14H12N2OS/c1-2-11-12(10-6-4-3-5-7-10)16(13(11)17)14-15-8-9-18-14/h2-9,12H,1H3/b11-2+. The highest BCUT2D eigenvalue weighted by atomic mass is 32.1. The van der Waals surface area contributed by atoms with E-state index < -0.39 is 0 Å². The van der Waals surface area contributed by atoms with Crippen LogP contribution >= 0.6 is 11.3 Å². The van der Waals surface area contributed by atoms with Crippen LogP contribution in [0.15, 0.2) is 53.6 Å². The number of hydrogen-bond donors (Lipinski definition) is 0. The normalized spacial score (nSPS) is 21.2. The van der Waals surface area contributed by atoms with E-state index in [0.717, 1.165) is 16.3 Å². The summed E-state index contributed by atoms with van der Waals surface area (Å²) in [4.78, 5) is 18.1. The summed E-state index contributed by atoms with van der Waals surface area (Å²) < 4.78 is 0. The molecule has 4 heteroatoms. The number of carbonyl (C=O) groups excluding carboxylic acids is 1. The monoisotopic (exact) mass is 256 g/mol. The zero-order chi connectivity index (χ0) is 12.5. The summed E-state index contributed by atoms with van der Waals surface area (Å²) in [5.41, 5.74) is 1.97. The molecule has 0 saturated carbocycles. The van der Waals surface area contributed by atoms with Crippen molar-refractivity contribution in [2.75, 3.05) is 4.90 Å². The number of hydrogen-bond acceptors (Lipinski definition) is 3. The molecule has 0 N–H and O–H groups in total. The largest absolute Gasteiger partial charge is 0.272 e. The molecule has 2 heterocycles. The molecule has 1 unspecified atom stereocenters. The number of β-lactam (4-membered cyclic amide) rings is 1. The average Bonchev–Trinajstić information content (AvgIpc) is 2.91. The second-order valence-electron chi connectivity index (χ2n) is 4.05. The number of rotatable bonds is 2. The van der Waals surface area contributed by atoms with Crippen LogP contribution in [-0.4, -0.2) is 10.9 Å². The number of carbonyl (C=O) groups is 1. The van der Waals surface area contributed by atoms with E-state index in [9.17, 15) is 4.79 Å². The molecule has 1 atom stereocenters. The zero-order valence-corrected chi connectivity index (χ0v) is 10.7. The molecule has 3 nitrogen and oxygen atoms in total. The zero-order valence-electron chi connectivity index (χ0n) is 9.91. The molecule has 0 aliphatic carbocycles. The molecule has 1 aliphatic rings. The number of benzene rings is 1. The number of thiazole rings is 1. The second-order valence-corrected chi connectivity index (χ2v) is 4.92. The van der Waals surface area contributed by atoms with Gasteiger partial charge in [-0.05, 0) is 12.5 Å². The molecule has 2 aromatic rings. The molecule has 1 aromatic heterocycles. The Morgan fingerprint density at radius 2 is 2.11 bits per heavy atom. The third-order valence-corrected chi connectivity index (χ3v) is 3.84. The predicted molar refractivity (Wildman–Crippen MR) is 72.5 cm³/mol. The summed E-state index contributed by atoms with van der Waals surface area (Å²) in [6, 6.07) is 10.1. The third-order valence-electron chi connectivity index (χ3n) is 3.07. The molecule has 0 bridgehead atoms. The molecule has 0 radical (unpaired) electrons. The summed E-state index contributed by atoms with van der Waals surface area (Å²) in [6.07, 6.45) is 3.62. The van der Waals surface area contributed by atoms with Crippen molar-refractivity contribution in [3.8, 4) is 0 Å². The highest BCUT2D eigenvalue weighted by Gasteiger charge is 2.44. The van der Waals surface area contributed by atoms with Gasteiger partial charge in [0.25, 0.3) is 5.91 Å². The average molecular weight is 256 g/mol. The van der Waals surface area contributed by atoms with Gasteiger partial charge in [-0.1, -0.05) is 36.4 Å². The molecule has 1 aliphatic heterocycles. The smallest absolute Gasteiger partial charge is 0.258 e. The van der Waals surface area contributed by atoms with Crippen LogP contribution in [0.25, 0.3) is 0 Å². The van der Waals surface area contributed by atoms with Crippen molar-refractivity contribution in [1.29, 1.82) is 0 Å². The lowest BCUT2D eigenvalue weighted by Gasteiger charge is -2.41. The Hall–Kier alpha value is -1.94. The first-order valence-corrected chi connectivity index (χ1v) is 6.65. The van der Waals surface area contributed by atoms with Crippen molar-refractivity contribution in [2.24, 2.45) is 0 Å². The summed E-state index contributed by atoms with van der Waals surface area (Å²) >= 11 is 1.49. The Morgan fingerprint density at radius 3 is 2.72 bits per heavy atom. The van der Waals surface area contributed by atoms with Gasteiger partial charge < -0.3 is 0 Å². The molecule has 1 fully saturated rings. The molecule has 18 heavy (non-hydrogen) atoms. The van der Waals surface area contributed by atoms with Gasteiger partial charge >= 0.3 is 0 Å². The SMILES string of the molecule is C/C=C1/C(=O)N(c2nccs2)C1c1ccccc1. The van der Waals surface area contributed by atoms with Crippen LogP contribution in [-0.2, 0) is 4.79 Å². The Morgan fingerprint density at radius 1 is 1.33 bits per heavy atom. The Bertz CT molecular complexity index is 590. The topological polar surface area (TPSA) is 33.2 Å². The number of nitrogens with zero attached hydrogens (tertiary/aromatic N) is 2. The minimum Gasteiger partial charge on any atom is -0.272 e. The molecule has 3 rings (SSSR count). The second kappa shape index (κ2) is 4.38. The van der Waals surface area contributed by atoms with Crippen molar-refractivity contribution in [1.82, 2.24) is 4.98 Å². The van der Waals surface area contributed by atoms with Gasteiger partial charge in [0.1, 0.15) is 0 Å². The van der Waals surface area contributed by atoms with E-state index in [1.165, 1.54) is 11.3 Å². The molecule has 1 amide bonds. The number of allylic oxidation sites excluding steroid dienone is 1. The van der Waals surface area contributed by atoms with Crippen LogP contribution in [0, 0.1) is 0 Å². The summed E-state index contributed by atoms with van der Waals surface area (Å²) in [7, 11) is 0. The van der Waals surface area contributed by atoms with Gasteiger partial charge in [0.05, 0.1) is 6.04 Å². The van der Waals surface area contributed by atoms with Gasteiger partial charge in [-0.25, -0.2) is 4.98 Å². The maximum Gasteiger partial charge on any atom is 0.258 e. The van der Waals surface area contributed by atoms with E-state index >= 15 is 0 Å². The molecule has 1 saturated heterocycles. The minimum absolute atomic E-state index is 0.00912. The molecule has 0 spiro atoms. The Labute approximate surface area is 109 Å². The maximum atomic E-state index is 12.1. The van der Waals surface area contributed by atoms with Crippen molar-refractivity contribution < 1.29 is 4.79 Å². The van der Waals surface area contributed by atoms with E-state index in [0.29, 0.717) is 0 Å². The van der Waals surface area contributed by atoms with Crippen molar-refractivity contribution in [2.45, 2.75) is 13.0 Å². The summed E-state index contributed by atoms with van der Waals surface area (Å²) in [5, 5.41) is 2.65. The number of anilines is 1. The van der Waals surface area contributed by atoms with Crippen molar-refractivity contribution >= 4 is 22.4 Å². The summed E-state index contributed by atoms with van der Waals surface area (Å²) in [6.45, 7) is 1.91. The van der Waals surface area contributed by atoms with Crippen LogP contribution < -0.4 is 4.90 Å². The lowest BCUT2D eigenvalue weighted by molar-refractivity contribution is -0.119. The van der Waals surface area contributed by atoms with Gasteiger partial charge in [0.2, 0.25) is 0 Å². The number of amides is 1. The lowest BCUT2D eigenvalue weighted by atomic mass is 9.88. The van der Waals surface area contributed by atoms with E-state index in [1.54, 1.807) is 11.1 Å². The van der Waals surface area contributed by atoms with Gasteiger partial charge in [0.15, 0.2) is 5.13 Å². The first kappa shape index (κ1) is 11.2. The number of aromatic nitrogens is 1. The van der Waals surface area contributed by atoms with Crippen LogP contribution in [0.5, 0.6) is 0 Å². The highest BCUT2D eigenvalue weighted by Crippen LogP contribution is 2.43. The quantitative estimate of drug-likeness (QED) is 0.610. The van der Waals surface area contributed by atoms with Crippen LogP contribution in [0.2, 0.25) is 0 Å².